The van der Waals surface area contributed by atoms with Gasteiger partial charge in [-0.2, -0.15) is 0 Å². The van der Waals surface area contributed by atoms with Crippen molar-refractivity contribution in [1.29, 1.82) is 0 Å². The highest BCUT2D eigenvalue weighted by Crippen LogP contribution is 2.34. The normalized spacial score (nSPS) is 10.9. The van der Waals surface area contributed by atoms with Gasteiger partial charge in [0.15, 0.2) is 5.69 Å². The molecule has 2 amide bonds. The lowest BCUT2D eigenvalue weighted by Gasteiger charge is -2.17. The smallest absolute Gasteiger partial charge is 0.276 e. The van der Waals surface area contributed by atoms with Crippen LogP contribution in [-0.2, 0) is 0 Å². The zero-order valence-electron chi connectivity index (χ0n) is 17.0. The van der Waals surface area contributed by atoms with Crippen LogP contribution in [0, 0.1) is 6.92 Å². The number of hydrogen-bond acceptors (Lipinski definition) is 3. The van der Waals surface area contributed by atoms with Gasteiger partial charge in [0.25, 0.3) is 11.8 Å². The molecule has 2 aromatic carbocycles. The SMILES string of the molecule is CNC(=O)c1cc(Br)cc(C)c1NC(=O)c1ncc2cccn2c1-c1ccc(Cl)cc1Cl. The van der Waals surface area contributed by atoms with Crippen LogP contribution in [0.2, 0.25) is 10.0 Å². The molecule has 0 aliphatic carbocycles. The molecule has 0 fully saturated rings. The molecule has 4 aromatic rings. The summed E-state index contributed by atoms with van der Waals surface area (Å²) in [5, 5.41) is 6.34. The van der Waals surface area contributed by atoms with Gasteiger partial charge in [-0.3, -0.25) is 9.59 Å². The molecule has 0 unspecified atom stereocenters. The van der Waals surface area contributed by atoms with Crippen LogP contribution >= 0.6 is 39.1 Å². The number of carbonyl (C=O) groups excluding carboxylic acids is 2. The number of benzene rings is 2. The Morgan fingerprint density at radius 1 is 1.09 bits per heavy atom. The summed E-state index contributed by atoms with van der Waals surface area (Å²) in [5.74, 6) is -0.795. The van der Waals surface area contributed by atoms with Crippen molar-refractivity contribution in [2.24, 2.45) is 0 Å². The molecular weight excluding hydrogens is 515 g/mol. The lowest BCUT2D eigenvalue weighted by Crippen LogP contribution is -2.23. The Kier molecular flexibility index (Phi) is 6.24. The number of aryl methyl sites for hydroxylation is 1. The molecule has 2 heterocycles. The van der Waals surface area contributed by atoms with Crippen LogP contribution in [0.4, 0.5) is 5.69 Å². The van der Waals surface area contributed by atoms with Crippen molar-refractivity contribution in [3.63, 3.8) is 0 Å². The van der Waals surface area contributed by atoms with Gasteiger partial charge in [0.1, 0.15) is 0 Å². The Balaban J connectivity index is 1.87. The number of carbonyl (C=O) groups is 2. The van der Waals surface area contributed by atoms with Gasteiger partial charge in [0, 0.05) is 28.3 Å². The number of fused-ring (bicyclic) bond motifs is 1. The number of aromatic nitrogens is 2. The maximum absolute atomic E-state index is 13.5. The lowest BCUT2D eigenvalue weighted by atomic mass is 10.1. The molecule has 0 radical (unpaired) electrons. The lowest BCUT2D eigenvalue weighted by molar-refractivity contribution is 0.0964. The first kappa shape index (κ1) is 22.3. The van der Waals surface area contributed by atoms with E-state index >= 15 is 0 Å². The van der Waals surface area contributed by atoms with Crippen LogP contribution in [-0.4, -0.2) is 28.2 Å². The molecule has 0 aliphatic heterocycles. The Morgan fingerprint density at radius 2 is 1.88 bits per heavy atom. The Hall–Kier alpha value is -2.87. The first-order chi connectivity index (χ1) is 15.3. The summed E-state index contributed by atoms with van der Waals surface area (Å²) in [7, 11) is 1.53. The van der Waals surface area contributed by atoms with E-state index in [1.807, 2.05) is 35.7 Å². The third-order valence-electron chi connectivity index (χ3n) is 4.98. The predicted molar refractivity (Wildman–Crippen MR) is 131 cm³/mol. The second-order valence-electron chi connectivity index (χ2n) is 7.06. The monoisotopic (exact) mass is 530 g/mol. The fourth-order valence-corrected chi connectivity index (χ4v) is 4.58. The largest absolute Gasteiger partial charge is 0.355 e. The Bertz CT molecular complexity index is 1380. The van der Waals surface area contributed by atoms with Crippen LogP contribution < -0.4 is 10.6 Å². The van der Waals surface area contributed by atoms with E-state index in [1.54, 1.807) is 30.5 Å². The van der Waals surface area contributed by atoms with Crippen LogP contribution in [0.15, 0.2) is 59.3 Å². The molecule has 9 heteroatoms. The minimum atomic E-state index is -0.475. The second-order valence-corrected chi connectivity index (χ2v) is 8.82. The molecule has 32 heavy (non-hydrogen) atoms. The van der Waals surface area contributed by atoms with Crippen LogP contribution in [0.5, 0.6) is 0 Å². The molecule has 4 rings (SSSR count). The van der Waals surface area contributed by atoms with Gasteiger partial charge in [0.05, 0.1) is 33.7 Å². The minimum Gasteiger partial charge on any atom is -0.355 e. The van der Waals surface area contributed by atoms with Crippen molar-refractivity contribution >= 4 is 62.2 Å². The molecular formula is C23H17BrCl2N4O2. The molecule has 6 nitrogen and oxygen atoms in total. The van der Waals surface area contributed by atoms with E-state index in [2.05, 4.69) is 31.5 Å². The summed E-state index contributed by atoms with van der Waals surface area (Å²) < 4.78 is 2.57. The highest BCUT2D eigenvalue weighted by molar-refractivity contribution is 9.10. The van der Waals surface area contributed by atoms with E-state index < -0.39 is 5.91 Å². The minimum absolute atomic E-state index is 0.156. The van der Waals surface area contributed by atoms with Crippen molar-refractivity contribution in [2.75, 3.05) is 12.4 Å². The van der Waals surface area contributed by atoms with E-state index in [0.29, 0.717) is 32.6 Å². The maximum Gasteiger partial charge on any atom is 0.276 e. The Labute approximate surface area is 202 Å². The fourth-order valence-electron chi connectivity index (χ4n) is 3.51. The topological polar surface area (TPSA) is 75.5 Å². The van der Waals surface area contributed by atoms with Crippen LogP contribution in [0.3, 0.4) is 0 Å². The van der Waals surface area contributed by atoms with Gasteiger partial charge >= 0.3 is 0 Å². The molecule has 162 valence electrons. The quantitative estimate of drug-likeness (QED) is 0.339. The van der Waals surface area contributed by atoms with Crippen molar-refractivity contribution in [3.05, 3.63) is 86.2 Å². The fraction of sp³-hybridized carbons (Fsp3) is 0.0870. The molecule has 0 saturated carbocycles. The number of rotatable bonds is 4. The molecule has 0 aliphatic rings. The highest BCUT2D eigenvalue weighted by atomic mass is 79.9. The standard InChI is InChI=1S/C23H17BrCl2N4O2/c1-12-8-13(24)9-17(22(31)27-2)19(12)29-23(32)20-21(16-6-5-14(25)10-18(16)26)30-7-3-4-15(30)11-28-20/h3-11H,1-2H3,(H,27,31)(H,29,32). The summed E-state index contributed by atoms with van der Waals surface area (Å²) in [6.07, 6.45) is 3.44. The van der Waals surface area contributed by atoms with Gasteiger partial charge < -0.3 is 15.0 Å². The molecule has 0 atom stereocenters. The highest BCUT2D eigenvalue weighted by Gasteiger charge is 2.23. The van der Waals surface area contributed by atoms with Crippen molar-refractivity contribution in [3.8, 4) is 11.3 Å². The average Bonchev–Trinajstić information content (AvgIpc) is 3.23. The number of halogens is 3. The zero-order chi connectivity index (χ0) is 23.0. The number of amides is 2. The van der Waals surface area contributed by atoms with Gasteiger partial charge in [-0.05, 0) is 55.0 Å². The van der Waals surface area contributed by atoms with E-state index in [-0.39, 0.29) is 11.6 Å². The van der Waals surface area contributed by atoms with Gasteiger partial charge in [0.2, 0.25) is 0 Å². The number of nitrogens with zero attached hydrogens (tertiary/aromatic N) is 2. The summed E-state index contributed by atoms with van der Waals surface area (Å²) in [6.45, 7) is 1.81. The average molecular weight is 532 g/mol. The molecule has 0 bridgehead atoms. The number of anilines is 1. The number of nitrogens with one attached hydrogen (secondary N) is 2. The third kappa shape index (κ3) is 4.11. The third-order valence-corrected chi connectivity index (χ3v) is 5.99. The molecule has 2 aromatic heterocycles. The maximum atomic E-state index is 13.5. The summed E-state index contributed by atoms with van der Waals surface area (Å²) in [5.41, 5.74) is 3.54. The second kappa shape index (κ2) is 8.94. The molecule has 0 spiro atoms. The van der Waals surface area contributed by atoms with E-state index in [1.165, 1.54) is 7.05 Å². The van der Waals surface area contributed by atoms with E-state index in [0.717, 1.165) is 15.6 Å². The summed E-state index contributed by atoms with van der Waals surface area (Å²) in [4.78, 5) is 30.3. The summed E-state index contributed by atoms with van der Waals surface area (Å²) >= 11 is 16.0. The van der Waals surface area contributed by atoms with Crippen molar-refractivity contribution in [2.45, 2.75) is 6.92 Å². The Morgan fingerprint density at radius 3 is 2.59 bits per heavy atom. The predicted octanol–water partition coefficient (Wildman–Crippen LogP) is 5.99. The first-order valence-electron chi connectivity index (χ1n) is 9.55. The van der Waals surface area contributed by atoms with E-state index in [4.69, 9.17) is 23.2 Å². The first-order valence-corrected chi connectivity index (χ1v) is 11.1. The van der Waals surface area contributed by atoms with Crippen molar-refractivity contribution < 1.29 is 9.59 Å². The van der Waals surface area contributed by atoms with Gasteiger partial charge in [-0.25, -0.2) is 4.98 Å². The summed E-state index contributed by atoms with van der Waals surface area (Å²) in [6, 6.07) is 12.3. The molecule has 0 saturated heterocycles. The number of hydrogen-bond donors (Lipinski definition) is 2. The van der Waals surface area contributed by atoms with Crippen LogP contribution in [0.1, 0.15) is 26.4 Å². The van der Waals surface area contributed by atoms with Gasteiger partial charge in [-0.15, -0.1) is 0 Å². The van der Waals surface area contributed by atoms with Crippen LogP contribution in [0.25, 0.3) is 16.8 Å². The van der Waals surface area contributed by atoms with Gasteiger partial charge in [-0.1, -0.05) is 39.1 Å². The zero-order valence-corrected chi connectivity index (χ0v) is 20.1. The van der Waals surface area contributed by atoms with E-state index in [9.17, 15) is 9.59 Å². The molecule has 2 N–H and O–H groups in total. The van der Waals surface area contributed by atoms with Crippen molar-refractivity contribution in [1.82, 2.24) is 14.7 Å².